The molecule has 0 aliphatic heterocycles. The van der Waals surface area contributed by atoms with Gasteiger partial charge in [0.2, 0.25) is 10.4 Å². The summed E-state index contributed by atoms with van der Waals surface area (Å²) in [6, 6.07) is 0. The molecule has 0 amide bonds. The molecule has 0 aromatic carbocycles. The Balaban J connectivity index is 0. The van der Waals surface area contributed by atoms with Crippen molar-refractivity contribution in [1.29, 1.82) is 0 Å². The van der Waals surface area contributed by atoms with Gasteiger partial charge in [-0.2, -0.15) is 0 Å². The van der Waals surface area contributed by atoms with E-state index in [1.807, 2.05) is 7.05 Å². The summed E-state index contributed by atoms with van der Waals surface area (Å²) in [7, 11) is -2.52. The summed E-state index contributed by atoms with van der Waals surface area (Å²) in [4.78, 5) is 0. The fourth-order valence-electron chi connectivity index (χ4n) is 1.20. The van der Waals surface area contributed by atoms with Crippen LogP contribution < -0.4 is 0 Å². The minimum absolute atomic E-state index is 0.0914. The normalized spacial score (nSPS) is 11.9. The molecule has 3 N–H and O–H groups in total. The second kappa shape index (κ2) is 10.6. The first-order chi connectivity index (χ1) is 8.24. The number of nitrogens with zero attached hydrogens (tertiary/aromatic N) is 1. The monoisotopic (exact) mass is 289 g/mol. The van der Waals surface area contributed by atoms with Gasteiger partial charge in [-0.1, -0.05) is 0 Å². The molecule has 0 aliphatic carbocycles. The van der Waals surface area contributed by atoms with Gasteiger partial charge in [-0.25, -0.2) is 8.42 Å². The van der Waals surface area contributed by atoms with Gasteiger partial charge >= 0.3 is 0 Å². The Kier molecular flexibility index (Phi) is 11.8. The highest BCUT2D eigenvalue weighted by Crippen LogP contribution is 1.99. The van der Waals surface area contributed by atoms with Crippen molar-refractivity contribution < 1.29 is 37.0 Å². The second-order valence-electron chi connectivity index (χ2n) is 3.78. The van der Waals surface area contributed by atoms with Crippen molar-refractivity contribution in [3.05, 3.63) is 0 Å². The number of quaternary nitrogens is 1. The van der Waals surface area contributed by atoms with Crippen molar-refractivity contribution >= 4 is 10.4 Å². The molecule has 0 saturated heterocycles. The average molecular weight is 289 g/mol. The molecule has 0 radical (unpaired) electrons. The van der Waals surface area contributed by atoms with E-state index in [-0.39, 0.29) is 26.4 Å². The highest BCUT2D eigenvalue weighted by Gasteiger charge is 2.18. The maximum atomic E-state index is 9.45. The molecule has 0 saturated carbocycles. The Labute approximate surface area is 108 Å². The summed E-state index contributed by atoms with van der Waals surface area (Å²) in [6.45, 7) is 3.37. The summed E-state index contributed by atoms with van der Waals surface area (Å²) in [5, 5.41) is 26.0. The summed E-state index contributed by atoms with van der Waals surface area (Å²) < 4.78 is 32.5. The van der Waals surface area contributed by atoms with E-state index in [1.165, 1.54) is 6.92 Å². The van der Waals surface area contributed by atoms with Crippen LogP contribution >= 0.6 is 0 Å². The minimum atomic E-state index is -4.42. The smallest absolute Gasteiger partial charge is 0.217 e. The largest absolute Gasteiger partial charge is 0.726 e. The van der Waals surface area contributed by atoms with Crippen LogP contribution in [-0.2, 0) is 14.6 Å². The van der Waals surface area contributed by atoms with Gasteiger partial charge in [-0.05, 0) is 6.92 Å². The Morgan fingerprint density at radius 1 is 1.06 bits per heavy atom. The predicted molar refractivity (Wildman–Crippen MR) is 63.4 cm³/mol. The molecule has 0 rings (SSSR count). The van der Waals surface area contributed by atoms with Crippen LogP contribution in [0.3, 0.4) is 0 Å². The third kappa shape index (κ3) is 13.8. The summed E-state index contributed by atoms with van der Waals surface area (Å²) in [6.07, 6.45) is 0. The molecule has 0 aromatic rings. The summed E-state index contributed by atoms with van der Waals surface area (Å²) in [5.41, 5.74) is 0. The molecular formula is C9H23NO7S. The highest BCUT2D eigenvalue weighted by atomic mass is 32.3. The van der Waals surface area contributed by atoms with Crippen molar-refractivity contribution in [3.63, 3.8) is 0 Å². The zero-order chi connectivity index (χ0) is 14.7. The molecule has 0 atom stereocenters. The van der Waals surface area contributed by atoms with E-state index in [2.05, 4.69) is 4.18 Å². The van der Waals surface area contributed by atoms with Gasteiger partial charge in [-0.3, -0.25) is 4.18 Å². The molecule has 8 nitrogen and oxygen atoms in total. The Morgan fingerprint density at radius 2 is 1.39 bits per heavy atom. The van der Waals surface area contributed by atoms with E-state index in [1.54, 1.807) is 0 Å². The molecule has 0 aromatic heterocycles. The third-order valence-electron chi connectivity index (χ3n) is 2.18. The first-order valence-electron chi connectivity index (χ1n) is 5.51. The van der Waals surface area contributed by atoms with Crippen LogP contribution in [0.4, 0.5) is 0 Å². The van der Waals surface area contributed by atoms with E-state index in [9.17, 15) is 13.0 Å². The molecule has 0 unspecified atom stereocenters. The summed E-state index contributed by atoms with van der Waals surface area (Å²) in [5.74, 6) is 0. The van der Waals surface area contributed by atoms with Gasteiger partial charge in [0.05, 0.1) is 33.5 Å². The van der Waals surface area contributed by atoms with Crippen molar-refractivity contribution in [1.82, 2.24) is 0 Å². The lowest BCUT2D eigenvalue weighted by atomic mass is 10.4. The molecule has 18 heavy (non-hydrogen) atoms. The maximum Gasteiger partial charge on any atom is 0.217 e. The van der Waals surface area contributed by atoms with Gasteiger partial charge in [0.15, 0.2) is 0 Å². The Morgan fingerprint density at radius 3 is 1.50 bits per heavy atom. The number of aliphatic hydroxyl groups excluding tert-OH is 3. The molecule has 0 heterocycles. The fourth-order valence-corrected chi connectivity index (χ4v) is 1.49. The van der Waals surface area contributed by atoms with Crippen molar-refractivity contribution in [3.8, 4) is 0 Å². The minimum Gasteiger partial charge on any atom is -0.726 e. The van der Waals surface area contributed by atoms with Gasteiger partial charge < -0.3 is 24.4 Å². The molecular weight excluding hydrogens is 266 g/mol. The van der Waals surface area contributed by atoms with Crippen LogP contribution in [0.1, 0.15) is 6.92 Å². The summed E-state index contributed by atoms with van der Waals surface area (Å²) >= 11 is 0. The number of hydrogen-bond donors (Lipinski definition) is 3. The molecule has 0 aliphatic rings. The molecule has 0 spiro atoms. The number of hydrogen-bond acceptors (Lipinski definition) is 7. The maximum absolute atomic E-state index is 9.45. The van der Waals surface area contributed by atoms with Crippen LogP contribution in [0, 0.1) is 0 Å². The molecule has 0 bridgehead atoms. The van der Waals surface area contributed by atoms with Crippen molar-refractivity contribution in [2.45, 2.75) is 6.92 Å². The second-order valence-corrected chi connectivity index (χ2v) is 4.83. The molecule has 0 fully saturated rings. The fraction of sp³-hybridized carbons (Fsp3) is 1.00. The van der Waals surface area contributed by atoms with Gasteiger partial charge in [0.1, 0.15) is 19.6 Å². The Bertz CT molecular complexity index is 264. The van der Waals surface area contributed by atoms with E-state index in [4.69, 9.17) is 15.3 Å². The average Bonchev–Trinajstić information content (AvgIpc) is 2.17. The highest BCUT2D eigenvalue weighted by molar-refractivity contribution is 7.80. The van der Waals surface area contributed by atoms with Crippen LogP contribution in [0.15, 0.2) is 0 Å². The first kappa shape index (κ1) is 20.0. The van der Waals surface area contributed by atoms with Crippen molar-refractivity contribution in [2.75, 3.05) is 53.1 Å². The van der Waals surface area contributed by atoms with Crippen LogP contribution in [0.25, 0.3) is 0 Å². The third-order valence-corrected chi connectivity index (χ3v) is 2.71. The Hall–Kier alpha value is -0.290. The lowest BCUT2D eigenvalue weighted by Gasteiger charge is -2.32. The molecule has 112 valence electrons. The lowest BCUT2D eigenvalue weighted by Crippen LogP contribution is -2.49. The quantitative estimate of drug-likeness (QED) is 0.265. The number of likely N-dealkylation sites (N-methyl/N-ethyl adjacent to an activating group) is 1. The first-order valence-corrected chi connectivity index (χ1v) is 6.84. The van der Waals surface area contributed by atoms with Crippen LogP contribution in [-0.4, -0.2) is 85.9 Å². The van der Waals surface area contributed by atoms with Crippen molar-refractivity contribution in [2.24, 2.45) is 0 Å². The number of rotatable bonds is 8. The SMILES string of the molecule is CCOS(=O)(=O)[O-].C[N+](CCO)(CCO)CCO. The standard InChI is InChI=1S/C7H18NO3.C2H6O4S/c1-8(2-5-9,3-6-10)4-7-11;1-2-6-7(3,4)5/h9-11H,2-7H2,1H3;2H2,1H3,(H,3,4,5)/q+1;/p-1. The van der Waals surface area contributed by atoms with E-state index < -0.39 is 10.4 Å². The van der Waals surface area contributed by atoms with Crippen LogP contribution in [0.5, 0.6) is 0 Å². The zero-order valence-corrected chi connectivity index (χ0v) is 11.6. The van der Waals surface area contributed by atoms with E-state index in [0.717, 1.165) is 0 Å². The van der Waals surface area contributed by atoms with E-state index in [0.29, 0.717) is 24.1 Å². The van der Waals surface area contributed by atoms with Gasteiger partial charge in [0.25, 0.3) is 0 Å². The van der Waals surface area contributed by atoms with E-state index >= 15 is 0 Å². The van der Waals surface area contributed by atoms with Gasteiger partial charge in [-0.15, -0.1) is 0 Å². The number of aliphatic hydroxyl groups is 3. The molecule has 9 heteroatoms. The lowest BCUT2D eigenvalue weighted by molar-refractivity contribution is -0.910. The van der Waals surface area contributed by atoms with Gasteiger partial charge in [0, 0.05) is 0 Å². The zero-order valence-electron chi connectivity index (χ0n) is 10.8. The topological polar surface area (TPSA) is 127 Å². The predicted octanol–water partition coefficient (Wildman–Crippen LogP) is -2.11. The van der Waals surface area contributed by atoms with Crippen LogP contribution in [0.2, 0.25) is 0 Å².